The molecule has 0 saturated carbocycles. The maximum absolute atomic E-state index is 8.84. The summed E-state index contributed by atoms with van der Waals surface area (Å²) in [5, 5.41) is 12.2. The molecule has 0 bridgehead atoms. The molecule has 1 aliphatic heterocycles. The number of nitrogens with one attached hydrogen (secondary N) is 1. The summed E-state index contributed by atoms with van der Waals surface area (Å²) in [5.41, 5.74) is 2.19. The molecule has 0 amide bonds. The number of aromatic nitrogens is 1. The summed E-state index contributed by atoms with van der Waals surface area (Å²) < 4.78 is 5.76. The number of oxazole rings is 1. The van der Waals surface area contributed by atoms with Gasteiger partial charge < -0.3 is 9.73 Å². The van der Waals surface area contributed by atoms with E-state index in [1.165, 1.54) is 0 Å². The van der Waals surface area contributed by atoms with Crippen LogP contribution in [0.3, 0.4) is 0 Å². The first-order valence-corrected chi connectivity index (χ1v) is 5.88. The van der Waals surface area contributed by atoms with Crippen molar-refractivity contribution in [2.75, 3.05) is 13.1 Å². The largest absolute Gasteiger partial charge is 0.440 e. The Balaban J connectivity index is 1.98. The van der Waals surface area contributed by atoms with Crippen molar-refractivity contribution in [2.24, 2.45) is 0 Å². The monoisotopic (exact) mass is 227 g/mol. The quantitative estimate of drug-likeness (QED) is 0.811. The van der Waals surface area contributed by atoms with E-state index in [0.717, 1.165) is 42.9 Å². The Hall–Kier alpha value is -1.86. The number of nitriles is 1. The van der Waals surface area contributed by atoms with Gasteiger partial charge in [-0.2, -0.15) is 5.26 Å². The third-order valence-electron chi connectivity index (χ3n) is 3.22. The molecule has 0 unspecified atom stereocenters. The highest BCUT2D eigenvalue weighted by Crippen LogP contribution is 2.27. The fourth-order valence-corrected chi connectivity index (χ4v) is 2.26. The number of fused-ring (bicyclic) bond motifs is 1. The summed E-state index contributed by atoms with van der Waals surface area (Å²) >= 11 is 0. The minimum Gasteiger partial charge on any atom is -0.440 e. The van der Waals surface area contributed by atoms with Crippen LogP contribution in [-0.2, 0) is 0 Å². The highest BCUT2D eigenvalue weighted by molar-refractivity contribution is 5.74. The van der Waals surface area contributed by atoms with E-state index in [9.17, 15) is 0 Å². The second-order valence-corrected chi connectivity index (χ2v) is 4.37. The molecule has 1 aromatic carbocycles. The molecular weight excluding hydrogens is 214 g/mol. The van der Waals surface area contributed by atoms with Crippen molar-refractivity contribution in [3.63, 3.8) is 0 Å². The second-order valence-electron chi connectivity index (χ2n) is 4.37. The highest BCUT2D eigenvalue weighted by atomic mass is 16.3. The average molecular weight is 227 g/mol. The zero-order valence-electron chi connectivity index (χ0n) is 9.44. The van der Waals surface area contributed by atoms with Gasteiger partial charge in [-0.05, 0) is 44.1 Å². The lowest BCUT2D eigenvalue weighted by atomic mass is 9.98. The third-order valence-corrected chi connectivity index (χ3v) is 3.22. The number of hydrogen-bond donors (Lipinski definition) is 1. The van der Waals surface area contributed by atoms with Gasteiger partial charge in [0.15, 0.2) is 11.5 Å². The summed E-state index contributed by atoms with van der Waals surface area (Å²) in [6.07, 6.45) is 2.13. The van der Waals surface area contributed by atoms with Crippen LogP contribution in [0.15, 0.2) is 22.6 Å². The summed E-state index contributed by atoms with van der Waals surface area (Å²) in [6, 6.07) is 7.49. The van der Waals surface area contributed by atoms with E-state index < -0.39 is 0 Å². The SMILES string of the molecule is N#Cc1ccc2oc(C3CCNCC3)nc2c1. The number of nitrogens with zero attached hydrogens (tertiary/aromatic N) is 2. The molecule has 0 spiro atoms. The molecule has 17 heavy (non-hydrogen) atoms. The Morgan fingerprint density at radius 3 is 2.94 bits per heavy atom. The van der Waals surface area contributed by atoms with Gasteiger partial charge in [-0.1, -0.05) is 0 Å². The van der Waals surface area contributed by atoms with Gasteiger partial charge in [0.1, 0.15) is 5.52 Å². The van der Waals surface area contributed by atoms with Gasteiger partial charge in [-0.25, -0.2) is 4.98 Å². The average Bonchev–Trinajstić information content (AvgIpc) is 2.82. The van der Waals surface area contributed by atoms with Crippen molar-refractivity contribution in [2.45, 2.75) is 18.8 Å². The van der Waals surface area contributed by atoms with Gasteiger partial charge in [-0.15, -0.1) is 0 Å². The Kier molecular flexibility index (Phi) is 2.54. The Bertz CT molecular complexity index is 576. The number of benzene rings is 1. The van der Waals surface area contributed by atoms with Crippen molar-refractivity contribution in [3.05, 3.63) is 29.7 Å². The topological polar surface area (TPSA) is 61.9 Å². The molecule has 86 valence electrons. The Morgan fingerprint density at radius 2 is 2.18 bits per heavy atom. The van der Waals surface area contributed by atoms with Gasteiger partial charge in [0.05, 0.1) is 11.6 Å². The molecule has 2 aromatic rings. The van der Waals surface area contributed by atoms with Crippen LogP contribution in [0.5, 0.6) is 0 Å². The molecule has 0 aliphatic carbocycles. The van der Waals surface area contributed by atoms with Crippen LogP contribution < -0.4 is 5.32 Å². The van der Waals surface area contributed by atoms with Crippen LogP contribution >= 0.6 is 0 Å². The molecule has 1 aromatic heterocycles. The van der Waals surface area contributed by atoms with E-state index in [1.54, 1.807) is 12.1 Å². The van der Waals surface area contributed by atoms with Gasteiger partial charge in [0.2, 0.25) is 0 Å². The van der Waals surface area contributed by atoms with E-state index in [0.29, 0.717) is 11.5 Å². The molecule has 0 atom stereocenters. The minimum absolute atomic E-state index is 0.411. The minimum atomic E-state index is 0.411. The first-order valence-electron chi connectivity index (χ1n) is 5.88. The molecule has 2 heterocycles. The van der Waals surface area contributed by atoms with E-state index in [-0.39, 0.29) is 0 Å². The van der Waals surface area contributed by atoms with Crippen LogP contribution in [0.1, 0.15) is 30.2 Å². The molecule has 1 N–H and O–H groups in total. The lowest BCUT2D eigenvalue weighted by molar-refractivity contribution is 0.385. The van der Waals surface area contributed by atoms with Crippen molar-refractivity contribution in [1.29, 1.82) is 5.26 Å². The van der Waals surface area contributed by atoms with Crippen molar-refractivity contribution in [1.82, 2.24) is 10.3 Å². The van der Waals surface area contributed by atoms with E-state index >= 15 is 0 Å². The van der Waals surface area contributed by atoms with E-state index in [1.807, 2.05) is 6.07 Å². The fourth-order valence-electron chi connectivity index (χ4n) is 2.26. The van der Waals surface area contributed by atoms with Gasteiger partial charge in [0.25, 0.3) is 0 Å². The molecule has 4 nitrogen and oxygen atoms in total. The molecule has 1 saturated heterocycles. The van der Waals surface area contributed by atoms with Crippen molar-refractivity contribution >= 4 is 11.1 Å². The van der Waals surface area contributed by atoms with Crippen molar-refractivity contribution in [3.8, 4) is 6.07 Å². The first kappa shape index (κ1) is 10.3. The Morgan fingerprint density at radius 1 is 1.35 bits per heavy atom. The number of hydrogen-bond acceptors (Lipinski definition) is 4. The van der Waals surface area contributed by atoms with E-state index in [4.69, 9.17) is 9.68 Å². The summed E-state index contributed by atoms with van der Waals surface area (Å²) in [7, 11) is 0. The van der Waals surface area contributed by atoms with Crippen LogP contribution in [0.2, 0.25) is 0 Å². The lowest BCUT2D eigenvalue weighted by Gasteiger charge is -2.19. The van der Waals surface area contributed by atoms with Crippen LogP contribution in [-0.4, -0.2) is 18.1 Å². The molecule has 4 heteroatoms. The normalized spacial score (nSPS) is 17.1. The molecule has 3 rings (SSSR count). The van der Waals surface area contributed by atoms with Crippen molar-refractivity contribution < 1.29 is 4.42 Å². The summed E-state index contributed by atoms with van der Waals surface area (Å²) in [6.45, 7) is 2.04. The predicted octanol–water partition coefficient (Wildman–Crippen LogP) is 2.17. The molecule has 1 aliphatic rings. The number of piperidine rings is 1. The van der Waals surface area contributed by atoms with E-state index in [2.05, 4.69) is 16.4 Å². The standard InChI is InChI=1S/C13H13N3O/c14-8-9-1-2-12-11(7-9)16-13(17-12)10-3-5-15-6-4-10/h1-2,7,10,15H,3-6H2. The highest BCUT2D eigenvalue weighted by Gasteiger charge is 2.20. The zero-order valence-corrected chi connectivity index (χ0v) is 9.44. The van der Waals surface area contributed by atoms with Crippen LogP contribution in [0.25, 0.3) is 11.1 Å². The molecular formula is C13H13N3O. The summed E-state index contributed by atoms with van der Waals surface area (Å²) in [4.78, 5) is 4.50. The summed E-state index contributed by atoms with van der Waals surface area (Å²) in [5.74, 6) is 1.23. The zero-order chi connectivity index (χ0) is 11.7. The van der Waals surface area contributed by atoms with Gasteiger partial charge >= 0.3 is 0 Å². The fraction of sp³-hybridized carbons (Fsp3) is 0.385. The van der Waals surface area contributed by atoms with Crippen LogP contribution in [0.4, 0.5) is 0 Å². The van der Waals surface area contributed by atoms with Crippen LogP contribution in [0, 0.1) is 11.3 Å². The lowest BCUT2D eigenvalue weighted by Crippen LogP contribution is -2.26. The van der Waals surface area contributed by atoms with Gasteiger partial charge in [0, 0.05) is 5.92 Å². The number of rotatable bonds is 1. The third kappa shape index (κ3) is 1.90. The Labute approximate surface area is 99.3 Å². The predicted molar refractivity (Wildman–Crippen MR) is 63.6 cm³/mol. The smallest absolute Gasteiger partial charge is 0.198 e. The molecule has 1 fully saturated rings. The second kappa shape index (κ2) is 4.19. The maximum Gasteiger partial charge on any atom is 0.198 e. The maximum atomic E-state index is 8.84. The van der Waals surface area contributed by atoms with Gasteiger partial charge in [-0.3, -0.25) is 0 Å². The first-order chi connectivity index (χ1) is 8.36. The molecule has 0 radical (unpaired) electrons.